The van der Waals surface area contributed by atoms with Gasteiger partial charge in [-0.3, -0.25) is 4.98 Å². The van der Waals surface area contributed by atoms with Gasteiger partial charge in [-0.1, -0.05) is 18.9 Å². The maximum absolute atomic E-state index is 4.50. The second-order valence-corrected chi connectivity index (χ2v) is 4.91. The van der Waals surface area contributed by atoms with Crippen LogP contribution in [0.25, 0.3) is 0 Å². The first-order chi connectivity index (χ1) is 7.81. The number of rotatable bonds is 4. The minimum Gasteiger partial charge on any atom is -0.316 e. The molecule has 0 aromatic carbocycles. The third-order valence-electron chi connectivity index (χ3n) is 3.87. The third kappa shape index (κ3) is 2.62. The molecule has 0 bridgehead atoms. The molecule has 0 spiro atoms. The average Bonchev–Trinajstić information content (AvgIpc) is 2.81. The van der Waals surface area contributed by atoms with Crippen LogP contribution in [0.3, 0.4) is 0 Å². The molecule has 0 saturated heterocycles. The summed E-state index contributed by atoms with van der Waals surface area (Å²) in [5.41, 5.74) is 2.58. The van der Waals surface area contributed by atoms with Gasteiger partial charge < -0.3 is 5.32 Å². The van der Waals surface area contributed by atoms with E-state index in [4.69, 9.17) is 0 Å². The summed E-state index contributed by atoms with van der Waals surface area (Å²) in [5.74, 6) is 0.853. The van der Waals surface area contributed by atoms with Gasteiger partial charge in [0.05, 0.1) is 0 Å². The zero-order valence-electron chi connectivity index (χ0n) is 10.4. The molecule has 1 atom stereocenters. The molecule has 1 heterocycles. The highest BCUT2D eigenvalue weighted by atomic mass is 14.9. The second kappa shape index (κ2) is 5.44. The summed E-state index contributed by atoms with van der Waals surface area (Å²) >= 11 is 0. The number of likely N-dealkylation sites (N-methyl/N-ethyl adjacent to an activating group) is 1. The van der Waals surface area contributed by atoms with Gasteiger partial charge in [0.15, 0.2) is 0 Å². The van der Waals surface area contributed by atoms with Gasteiger partial charge in [0.1, 0.15) is 0 Å². The summed E-state index contributed by atoms with van der Waals surface area (Å²) < 4.78 is 0. The lowest BCUT2D eigenvalue weighted by atomic mass is 9.93. The molecule has 16 heavy (non-hydrogen) atoms. The highest BCUT2D eigenvalue weighted by Crippen LogP contribution is 2.29. The fourth-order valence-corrected chi connectivity index (χ4v) is 2.80. The first kappa shape index (κ1) is 11.6. The zero-order valence-corrected chi connectivity index (χ0v) is 10.4. The highest BCUT2D eigenvalue weighted by Gasteiger charge is 2.24. The number of nitrogens with zero attached hydrogens (tertiary/aromatic N) is 1. The minimum absolute atomic E-state index is 0.608. The molecule has 2 heteroatoms. The number of hydrogen-bond donors (Lipinski definition) is 1. The first-order valence-corrected chi connectivity index (χ1v) is 6.39. The molecule has 0 radical (unpaired) electrons. The van der Waals surface area contributed by atoms with Crippen molar-refractivity contribution in [3.05, 3.63) is 29.6 Å². The molecule has 88 valence electrons. The summed E-state index contributed by atoms with van der Waals surface area (Å²) in [6, 6.07) is 4.78. The molecule has 1 N–H and O–H groups in total. The fraction of sp³-hybridized carbons (Fsp3) is 0.643. The molecule has 1 unspecified atom stereocenters. The van der Waals surface area contributed by atoms with Crippen molar-refractivity contribution in [1.82, 2.24) is 10.3 Å². The van der Waals surface area contributed by atoms with Crippen molar-refractivity contribution in [3.8, 4) is 0 Å². The Balaban J connectivity index is 2.03. The monoisotopic (exact) mass is 218 g/mol. The quantitative estimate of drug-likeness (QED) is 0.840. The van der Waals surface area contributed by atoms with E-state index in [-0.39, 0.29) is 0 Å². The summed E-state index contributed by atoms with van der Waals surface area (Å²) in [6.07, 6.45) is 8.57. The van der Waals surface area contributed by atoms with Crippen LogP contribution in [0, 0.1) is 12.8 Å². The van der Waals surface area contributed by atoms with Crippen molar-refractivity contribution >= 4 is 0 Å². The maximum atomic E-state index is 4.50. The van der Waals surface area contributed by atoms with Gasteiger partial charge in [0.25, 0.3) is 0 Å². The average molecular weight is 218 g/mol. The normalized spacial score (nSPS) is 18.9. The lowest BCUT2D eigenvalue weighted by Gasteiger charge is -2.23. The standard InChI is InChI=1S/C14H22N2/c1-11-6-5-9-16-13(11)10-14(15-2)12-7-3-4-8-12/h5-6,9,12,14-15H,3-4,7-8,10H2,1-2H3. The van der Waals surface area contributed by atoms with Crippen LogP contribution >= 0.6 is 0 Å². The van der Waals surface area contributed by atoms with Crippen molar-refractivity contribution < 1.29 is 0 Å². The Bertz CT molecular complexity index is 329. The van der Waals surface area contributed by atoms with Crippen molar-refractivity contribution in [3.63, 3.8) is 0 Å². The van der Waals surface area contributed by atoms with Crippen molar-refractivity contribution in [2.75, 3.05) is 7.05 Å². The van der Waals surface area contributed by atoms with Crippen LogP contribution < -0.4 is 5.32 Å². The van der Waals surface area contributed by atoms with Gasteiger partial charge >= 0.3 is 0 Å². The van der Waals surface area contributed by atoms with E-state index in [9.17, 15) is 0 Å². The van der Waals surface area contributed by atoms with Crippen LogP contribution in [0.15, 0.2) is 18.3 Å². The van der Waals surface area contributed by atoms with Gasteiger partial charge in [-0.05, 0) is 44.4 Å². The molecule has 0 amide bonds. The Hall–Kier alpha value is -0.890. The lowest BCUT2D eigenvalue weighted by Crippen LogP contribution is -2.34. The lowest BCUT2D eigenvalue weighted by molar-refractivity contribution is 0.374. The second-order valence-electron chi connectivity index (χ2n) is 4.91. The summed E-state index contributed by atoms with van der Waals surface area (Å²) in [7, 11) is 2.08. The highest BCUT2D eigenvalue weighted by molar-refractivity contribution is 5.18. The number of nitrogens with one attached hydrogen (secondary N) is 1. The van der Waals surface area contributed by atoms with Crippen LogP contribution in [0.1, 0.15) is 36.9 Å². The van der Waals surface area contributed by atoms with Crippen LogP contribution in [0.4, 0.5) is 0 Å². The molecule has 1 fully saturated rings. The molecule has 1 aromatic heterocycles. The van der Waals surface area contributed by atoms with E-state index in [2.05, 4.69) is 30.3 Å². The fourth-order valence-electron chi connectivity index (χ4n) is 2.80. The molecule has 1 aliphatic carbocycles. The Kier molecular flexibility index (Phi) is 3.94. The van der Waals surface area contributed by atoms with Gasteiger partial charge in [-0.2, -0.15) is 0 Å². The third-order valence-corrected chi connectivity index (χ3v) is 3.87. The number of pyridine rings is 1. The number of hydrogen-bond acceptors (Lipinski definition) is 2. The Morgan fingerprint density at radius 3 is 2.81 bits per heavy atom. The maximum Gasteiger partial charge on any atom is 0.0448 e. The SMILES string of the molecule is CNC(Cc1ncccc1C)C1CCCC1. The Morgan fingerprint density at radius 1 is 1.44 bits per heavy atom. The van der Waals surface area contributed by atoms with E-state index in [0.29, 0.717) is 6.04 Å². The van der Waals surface area contributed by atoms with Crippen LogP contribution in [0.5, 0.6) is 0 Å². The van der Waals surface area contributed by atoms with Crippen molar-refractivity contribution in [1.29, 1.82) is 0 Å². The summed E-state index contributed by atoms with van der Waals surface area (Å²) in [5, 5.41) is 3.48. The largest absolute Gasteiger partial charge is 0.316 e. The molecule has 0 aliphatic heterocycles. The van der Waals surface area contributed by atoms with E-state index < -0.39 is 0 Å². The van der Waals surface area contributed by atoms with E-state index >= 15 is 0 Å². The number of aryl methyl sites for hydroxylation is 1. The minimum atomic E-state index is 0.608. The molecule has 1 saturated carbocycles. The summed E-state index contributed by atoms with van der Waals surface area (Å²) in [6.45, 7) is 2.16. The first-order valence-electron chi connectivity index (χ1n) is 6.39. The predicted molar refractivity (Wildman–Crippen MR) is 67.5 cm³/mol. The zero-order chi connectivity index (χ0) is 11.4. The van der Waals surface area contributed by atoms with Crippen LogP contribution in [-0.2, 0) is 6.42 Å². The predicted octanol–water partition coefficient (Wildman–Crippen LogP) is 2.71. The molecule has 2 nitrogen and oxygen atoms in total. The van der Waals surface area contributed by atoms with Crippen LogP contribution in [0.2, 0.25) is 0 Å². The molecular formula is C14H22N2. The van der Waals surface area contributed by atoms with Gasteiger partial charge in [0.2, 0.25) is 0 Å². The molecule has 1 aromatic rings. The van der Waals surface area contributed by atoms with Crippen molar-refractivity contribution in [2.24, 2.45) is 5.92 Å². The molecular weight excluding hydrogens is 196 g/mol. The topological polar surface area (TPSA) is 24.9 Å². The Morgan fingerprint density at radius 2 is 2.19 bits per heavy atom. The van der Waals surface area contributed by atoms with Crippen LogP contribution in [-0.4, -0.2) is 18.1 Å². The Labute approximate surface area is 98.5 Å². The van der Waals surface area contributed by atoms with Gasteiger partial charge in [-0.25, -0.2) is 0 Å². The number of aromatic nitrogens is 1. The van der Waals surface area contributed by atoms with E-state index in [1.54, 1.807) is 0 Å². The van der Waals surface area contributed by atoms with E-state index in [0.717, 1.165) is 12.3 Å². The molecule has 1 aliphatic rings. The van der Waals surface area contributed by atoms with Gasteiger partial charge in [0, 0.05) is 24.4 Å². The van der Waals surface area contributed by atoms with E-state index in [1.807, 2.05) is 12.3 Å². The van der Waals surface area contributed by atoms with E-state index in [1.165, 1.54) is 36.9 Å². The summed E-state index contributed by atoms with van der Waals surface area (Å²) in [4.78, 5) is 4.50. The van der Waals surface area contributed by atoms with Gasteiger partial charge in [-0.15, -0.1) is 0 Å². The smallest absolute Gasteiger partial charge is 0.0448 e. The van der Waals surface area contributed by atoms with Crippen molar-refractivity contribution in [2.45, 2.75) is 45.1 Å². The molecule has 2 rings (SSSR count).